The molecule has 4 rings (SSSR count). The average molecular weight is 332 g/mol. The van der Waals surface area contributed by atoms with Crippen LogP contribution in [0.3, 0.4) is 0 Å². The molecule has 1 aliphatic carbocycles. The number of carboxylic acids is 1. The summed E-state index contributed by atoms with van der Waals surface area (Å²) in [5.74, 6) is -0.160. The van der Waals surface area contributed by atoms with Gasteiger partial charge in [0.2, 0.25) is 5.91 Å². The van der Waals surface area contributed by atoms with E-state index in [4.69, 9.17) is 4.42 Å². The molecule has 1 unspecified atom stereocenters. The number of hydrogen-bond acceptors (Lipinski definition) is 4. The Balaban J connectivity index is 1.42. The van der Waals surface area contributed by atoms with E-state index in [1.807, 2.05) is 11.0 Å². The van der Waals surface area contributed by atoms with E-state index in [2.05, 4.69) is 4.90 Å². The summed E-state index contributed by atoms with van der Waals surface area (Å²) in [6.45, 7) is 2.96. The second-order valence-corrected chi connectivity index (χ2v) is 7.69. The number of carboxylic acid groups (broad SMARTS) is 1. The van der Waals surface area contributed by atoms with Crippen LogP contribution in [0.2, 0.25) is 0 Å². The summed E-state index contributed by atoms with van der Waals surface area (Å²) >= 11 is 0. The molecular weight excluding hydrogens is 308 g/mol. The summed E-state index contributed by atoms with van der Waals surface area (Å²) in [7, 11) is 0. The van der Waals surface area contributed by atoms with Crippen molar-refractivity contribution in [2.24, 2.45) is 11.3 Å². The minimum Gasteiger partial charge on any atom is -0.480 e. The van der Waals surface area contributed by atoms with Gasteiger partial charge in [-0.2, -0.15) is 0 Å². The van der Waals surface area contributed by atoms with E-state index in [9.17, 15) is 14.7 Å². The van der Waals surface area contributed by atoms with Gasteiger partial charge in [-0.15, -0.1) is 0 Å². The Hall–Kier alpha value is -1.82. The number of carbonyl (C=O) groups is 2. The zero-order valence-electron chi connectivity index (χ0n) is 13.8. The first-order valence-corrected chi connectivity index (χ1v) is 8.83. The Labute approximate surface area is 141 Å². The van der Waals surface area contributed by atoms with Crippen LogP contribution in [0.25, 0.3) is 0 Å². The van der Waals surface area contributed by atoms with Crippen molar-refractivity contribution in [1.82, 2.24) is 9.80 Å². The number of carbonyl (C=O) groups excluding carboxylic acids is 1. The van der Waals surface area contributed by atoms with Gasteiger partial charge in [0.1, 0.15) is 6.04 Å². The van der Waals surface area contributed by atoms with Crippen LogP contribution in [0.15, 0.2) is 23.0 Å². The number of likely N-dealkylation sites (tertiary alicyclic amines) is 2. The number of piperidine rings is 1. The summed E-state index contributed by atoms with van der Waals surface area (Å²) < 4.78 is 5.11. The van der Waals surface area contributed by atoms with Gasteiger partial charge in [-0.1, -0.05) is 0 Å². The molecule has 2 saturated heterocycles. The molecule has 1 aromatic heterocycles. The average Bonchev–Trinajstić information content (AvgIpc) is 3.19. The van der Waals surface area contributed by atoms with Gasteiger partial charge in [0.05, 0.1) is 12.5 Å². The molecule has 6 heteroatoms. The van der Waals surface area contributed by atoms with E-state index >= 15 is 0 Å². The Kier molecular flexibility index (Phi) is 3.87. The minimum absolute atomic E-state index is 0.0348. The molecule has 1 aromatic rings. The zero-order chi connectivity index (χ0) is 16.7. The topological polar surface area (TPSA) is 74.0 Å². The molecule has 0 aromatic carbocycles. The van der Waals surface area contributed by atoms with Crippen LogP contribution < -0.4 is 0 Å². The van der Waals surface area contributed by atoms with Gasteiger partial charge in [-0.3, -0.25) is 14.5 Å². The molecule has 1 amide bonds. The molecule has 130 valence electrons. The van der Waals surface area contributed by atoms with Crippen molar-refractivity contribution >= 4 is 11.9 Å². The van der Waals surface area contributed by atoms with Crippen LogP contribution >= 0.6 is 0 Å². The monoisotopic (exact) mass is 332 g/mol. The van der Waals surface area contributed by atoms with Gasteiger partial charge in [0.15, 0.2) is 0 Å². The van der Waals surface area contributed by atoms with Crippen molar-refractivity contribution in [3.8, 4) is 0 Å². The molecule has 1 spiro atoms. The highest BCUT2D eigenvalue weighted by atomic mass is 16.4. The maximum atomic E-state index is 12.2. The van der Waals surface area contributed by atoms with Crippen LogP contribution in [0.5, 0.6) is 0 Å². The van der Waals surface area contributed by atoms with Gasteiger partial charge in [-0.25, -0.2) is 0 Å². The van der Waals surface area contributed by atoms with Crippen LogP contribution in [0.4, 0.5) is 0 Å². The summed E-state index contributed by atoms with van der Waals surface area (Å²) in [5, 5.41) is 9.62. The van der Waals surface area contributed by atoms with Gasteiger partial charge in [-0.05, 0) is 43.6 Å². The summed E-state index contributed by atoms with van der Waals surface area (Å²) in [5.41, 5.74) is 1.05. The van der Waals surface area contributed by atoms with Crippen molar-refractivity contribution in [3.05, 3.63) is 24.2 Å². The van der Waals surface area contributed by atoms with Crippen molar-refractivity contribution < 1.29 is 19.1 Å². The van der Waals surface area contributed by atoms with E-state index in [-0.39, 0.29) is 11.3 Å². The van der Waals surface area contributed by atoms with Crippen LogP contribution in [-0.2, 0) is 16.1 Å². The SMILES string of the molecule is O=C(O)C1CC2(CCN(C(=O)C3CC3)CC2)CN1Cc1ccoc1. The molecule has 1 atom stereocenters. The fourth-order valence-electron chi connectivity index (χ4n) is 4.32. The first kappa shape index (κ1) is 15.7. The third-order valence-electron chi connectivity index (χ3n) is 5.92. The lowest BCUT2D eigenvalue weighted by atomic mass is 9.76. The standard InChI is InChI=1S/C18H24N2O4/c21-16(14-1-2-14)19-6-4-18(5-7-19)9-15(17(22)23)20(12-18)10-13-3-8-24-11-13/h3,8,11,14-15H,1-2,4-7,9-10,12H2,(H,22,23). The number of amides is 1. The first-order chi connectivity index (χ1) is 11.6. The second kappa shape index (κ2) is 5.92. The quantitative estimate of drug-likeness (QED) is 0.912. The molecule has 3 heterocycles. The Morgan fingerprint density at radius 2 is 2.04 bits per heavy atom. The smallest absolute Gasteiger partial charge is 0.320 e. The van der Waals surface area contributed by atoms with Gasteiger partial charge >= 0.3 is 5.97 Å². The third-order valence-corrected chi connectivity index (χ3v) is 5.92. The lowest BCUT2D eigenvalue weighted by molar-refractivity contribution is -0.142. The van der Waals surface area contributed by atoms with E-state index in [0.29, 0.717) is 18.9 Å². The van der Waals surface area contributed by atoms with Crippen LogP contribution in [-0.4, -0.2) is 52.5 Å². The number of nitrogens with zero attached hydrogens (tertiary/aromatic N) is 2. The lowest BCUT2D eigenvalue weighted by Gasteiger charge is -2.39. The van der Waals surface area contributed by atoms with Crippen LogP contribution in [0, 0.1) is 11.3 Å². The lowest BCUT2D eigenvalue weighted by Crippen LogP contribution is -2.44. The van der Waals surface area contributed by atoms with Crippen molar-refractivity contribution in [2.45, 2.75) is 44.7 Å². The fourth-order valence-corrected chi connectivity index (χ4v) is 4.32. The minimum atomic E-state index is -0.744. The molecule has 0 radical (unpaired) electrons. The van der Waals surface area contributed by atoms with Gasteiger partial charge in [0.25, 0.3) is 0 Å². The van der Waals surface area contributed by atoms with Gasteiger partial charge in [0, 0.05) is 37.7 Å². The fraction of sp³-hybridized carbons (Fsp3) is 0.667. The molecule has 6 nitrogen and oxygen atoms in total. The maximum Gasteiger partial charge on any atom is 0.320 e. The summed E-state index contributed by atoms with van der Waals surface area (Å²) in [4.78, 5) is 28.0. The molecule has 0 bridgehead atoms. The zero-order valence-corrected chi connectivity index (χ0v) is 13.8. The molecular formula is C18H24N2O4. The third kappa shape index (κ3) is 2.95. The molecule has 1 N–H and O–H groups in total. The maximum absolute atomic E-state index is 12.2. The molecule has 1 saturated carbocycles. The first-order valence-electron chi connectivity index (χ1n) is 8.83. The molecule has 3 fully saturated rings. The van der Waals surface area contributed by atoms with Crippen molar-refractivity contribution in [2.75, 3.05) is 19.6 Å². The van der Waals surface area contributed by atoms with Crippen molar-refractivity contribution in [1.29, 1.82) is 0 Å². The van der Waals surface area contributed by atoms with Crippen LogP contribution in [0.1, 0.15) is 37.7 Å². The summed E-state index contributed by atoms with van der Waals surface area (Å²) in [6.07, 6.45) is 7.90. The van der Waals surface area contributed by atoms with E-state index < -0.39 is 12.0 Å². The number of furan rings is 1. The van der Waals surface area contributed by atoms with Crippen molar-refractivity contribution in [3.63, 3.8) is 0 Å². The molecule has 3 aliphatic rings. The largest absolute Gasteiger partial charge is 0.480 e. The molecule has 24 heavy (non-hydrogen) atoms. The summed E-state index contributed by atoms with van der Waals surface area (Å²) in [6, 6.07) is 1.45. The van der Waals surface area contributed by atoms with E-state index in [1.54, 1.807) is 12.5 Å². The molecule has 2 aliphatic heterocycles. The highest BCUT2D eigenvalue weighted by Crippen LogP contribution is 2.44. The highest BCUT2D eigenvalue weighted by molar-refractivity contribution is 5.81. The number of hydrogen-bond donors (Lipinski definition) is 1. The highest BCUT2D eigenvalue weighted by Gasteiger charge is 2.49. The predicted octanol–water partition coefficient (Wildman–Crippen LogP) is 1.96. The Morgan fingerprint density at radius 3 is 2.62 bits per heavy atom. The van der Waals surface area contributed by atoms with E-state index in [0.717, 1.165) is 50.9 Å². The number of rotatable bonds is 4. The Morgan fingerprint density at radius 1 is 1.29 bits per heavy atom. The number of aliphatic carboxylic acids is 1. The van der Waals surface area contributed by atoms with E-state index in [1.165, 1.54) is 0 Å². The normalized spacial score (nSPS) is 26.8. The Bertz CT molecular complexity index is 615. The second-order valence-electron chi connectivity index (χ2n) is 7.69. The van der Waals surface area contributed by atoms with Gasteiger partial charge < -0.3 is 14.4 Å². The predicted molar refractivity (Wildman–Crippen MR) is 86.1 cm³/mol.